The van der Waals surface area contributed by atoms with E-state index in [0.717, 1.165) is 11.1 Å². The van der Waals surface area contributed by atoms with Gasteiger partial charge in [-0.2, -0.15) is 5.01 Å². The fourth-order valence-electron chi connectivity index (χ4n) is 3.14. The second-order valence-corrected chi connectivity index (χ2v) is 5.51. The molecule has 4 rings (SSSR count). The minimum absolute atomic E-state index is 0.0689. The first-order valence-electron chi connectivity index (χ1n) is 7.43. The van der Waals surface area contributed by atoms with E-state index in [0.29, 0.717) is 11.5 Å². The largest absolute Gasteiger partial charge is 0.507 e. The topological polar surface area (TPSA) is 80.3 Å². The van der Waals surface area contributed by atoms with Gasteiger partial charge in [0.1, 0.15) is 5.75 Å². The van der Waals surface area contributed by atoms with E-state index >= 15 is 0 Å². The van der Waals surface area contributed by atoms with Crippen molar-refractivity contribution in [1.29, 1.82) is 0 Å². The molecule has 0 saturated carbocycles. The summed E-state index contributed by atoms with van der Waals surface area (Å²) in [6.07, 6.45) is -0.815. The van der Waals surface area contributed by atoms with Crippen LogP contribution in [0.3, 0.4) is 0 Å². The minimum Gasteiger partial charge on any atom is -0.507 e. The number of fused-ring (bicyclic) bond motifs is 5. The number of nitrogens with zero attached hydrogens (tertiary/aromatic N) is 1. The van der Waals surface area contributed by atoms with Crippen LogP contribution in [0, 0.1) is 0 Å². The number of phenols is 1. The van der Waals surface area contributed by atoms with E-state index in [1.165, 1.54) is 6.07 Å². The maximum absolute atomic E-state index is 12.4. The van der Waals surface area contributed by atoms with Gasteiger partial charge in [0.15, 0.2) is 24.0 Å². The summed E-state index contributed by atoms with van der Waals surface area (Å²) in [6.45, 7) is 0. The van der Waals surface area contributed by atoms with Crippen LogP contribution in [0.2, 0.25) is 0 Å². The third kappa shape index (κ3) is 1.95. The highest BCUT2D eigenvalue weighted by atomic mass is 16.6. The molecule has 1 fully saturated rings. The summed E-state index contributed by atoms with van der Waals surface area (Å²) in [5.74, 6) is 0.742. The van der Waals surface area contributed by atoms with Crippen LogP contribution in [0.4, 0.5) is 0 Å². The Hall–Kier alpha value is -2.77. The Labute approximate surface area is 138 Å². The van der Waals surface area contributed by atoms with Gasteiger partial charge in [-0.1, -0.05) is 18.2 Å². The number of para-hydroxylation sites is 1. The summed E-state index contributed by atoms with van der Waals surface area (Å²) in [6, 6.07) is 10.1. The smallest absolute Gasteiger partial charge is 0.269 e. The number of rotatable bonds is 4. The number of hydrogen-bond donors (Lipinski definition) is 2. The van der Waals surface area contributed by atoms with E-state index in [-0.39, 0.29) is 17.5 Å². The average Bonchev–Trinajstić information content (AvgIpc) is 3.11. The van der Waals surface area contributed by atoms with Crippen molar-refractivity contribution < 1.29 is 24.1 Å². The summed E-state index contributed by atoms with van der Waals surface area (Å²) in [5.41, 5.74) is 4.76. The molecule has 7 nitrogen and oxygen atoms in total. The number of benzene rings is 2. The molecule has 2 aromatic rings. The molecule has 1 saturated heterocycles. The van der Waals surface area contributed by atoms with Gasteiger partial charge in [-0.3, -0.25) is 10.2 Å². The van der Waals surface area contributed by atoms with Crippen LogP contribution in [0.5, 0.6) is 17.2 Å². The SMILES string of the molecule is COc1ccc2c(c1OC)C1OC2N1NC(=O)c1ccccc1O. The van der Waals surface area contributed by atoms with Crippen molar-refractivity contribution >= 4 is 5.91 Å². The number of hydrazine groups is 1. The lowest BCUT2D eigenvalue weighted by molar-refractivity contribution is -0.289. The predicted octanol–water partition coefficient (Wildman–Crippen LogP) is 2.10. The van der Waals surface area contributed by atoms with Gasteiger partial charge in [0, 0.05) is 5.56 Å². The van der Waals surface area contributed by atoms with Crippen LogP contribution in [-0.2, 0) is 4.74 Å². The Morgan fingerprint density at radius 3 is 2.67 bits per heavy atom. The molecule has 0 aromatic heterocycles. The second-order valence-electron chi connectivity index (χ2n) is 5.51. The third-order valence-corrected chi connectivity index (χ3v) is 4.27. The van der Waals surface area contributed by atoms with Crippen molar-refractivity contribution in [2.24, 2.45) is 0 Å². The lowest BCUT2D eigenvalue weighted by atomic mass is 10.1. The number of carbonyl (C=O) groups excluding carboxylic acids is 1. The molecule has 2 aromatic carbocycles. The van der Waals surface area contributed by atoms with Gasteiger partial charge in [-0.25, -0.2) is 0 Å². The van der Waals surface area contributed by atoms with Crippen LogP contribution in [0.15, 0.2) is 36.4 Å². The van der Waals surface area contributed by atoms with Gasteiger partial charge in [-0.05, 0) is 18.2 Å². The zero-order valence-electron chi connectivity index (χ0n) is 13.1. The lowest BCUT2D eigenvalue weighted by Crippen LogP contribution is -2.51. The highest BCUT2D eigenvalue weighted by Crippen LogP contribution is 2.58. The first-order chi connectivity index (χ1) is 11.7. The molecule has 0 aliphatic carbocycles. The third-order valence-electron chi connectivity index (χ3n) is 4.27. The molecule has 2 N–H and O–H groups in total. The Balaban J connectivity index is 1.61. The van der Waals surface area contributed by atoms with Crippen molar-refractivity contribution in [1.82, 2.24) is 10.4 Å². The number of aromatic hydroxyl groups is 1. The number of nitrogens with one attached hydrogen (secondary N) is 1. The van der Waals surface area contributed by atoms with Crippen LogP contribution in [-0.4, -0.2) is 30.2 Å². The molecule has 0 spiro atoms. The molecular formula is C17H16N2O5. The Morgan fingerprint density at radius 2 is 1.96 bits per heavy atom. The summed E-state index contributed by atoms with van der Waals surface area (Å²) in [4.78, 5) is 12.4. The molecule has 2 unspecified atom stereocenters. The molecule has 1 amide bonds. The van der Waals surface area contributed by atoms with Crippen LogP contribution in [0.25, 0.3) is 0 Å². The van der Waals surface area contributed by atoms with Gasteiger partial charge in [0.05, 0.1) is 25.3 Å². The van der Waals surface area contributed by atoms with Gasteiger partial charge >= 0.3 is 0 Å². The van der Waals surface area contributed by atoms with Gasteiger partial charge in [0.2, 0.25) is 0 Å². The van der Waals surface area contributed by atoms with Crippen LogP contribution >= 0.6 is 0 Å². The minimum atomic E-state index is -0.440. The monoisotopic (exact) mass is 328 g/mol. The van der Waals surface area contributed by atoms with Crippen LogP contribution in [0.1, 0.15) is 33.9 Å². The highest BCUT2D eigenvalue weighted by molar-refractivity contribution is 5.96. The Bertz CT molecular complexity index is 823. The first-order valence-corrected chi connectivity index (χ1v) is 7.43. The summed E-state index contributed by atoms with van der Waals surface area (Å²) in [5, 5.41) is 11.5. The molecule has 124 valence electrons. The molecule has 2 bridgehead atoms. The molecule has 2 heterocycles. The second kappa shape index (κ2) is 5.40. The fourth-order valence-corrected chi connectivity index (χ4v) is 3.14. The predicted molar refractivity (Wildman–Crippen MR) is 83.5 cm³/mol. The van der Waals surface area contributed by atoms with Gasteiger partial charge < -0.3 is 19.3 Å². The van der Waals surface area contributed by atoms with Crippen molar-refractivity contribution in [3.05, 3.63) is 53.1 Å². The summed E-state index contributed by atoms with van der Waals surface area (Å²) < 4.78 is 16.5. The molecular weight excluding hydrogens is 312 g/mol. The maximum atomic E-state index is 12.4. The van der Waals surface area contributed by atoms with E-state index in [1.54, 1.807) is 37.4 Å². The highest BCUT2D eigenvalue weighted by Gasteiger charge is 2.54. The number of carbonyl (C=O) groups is 1. The van der Waals surface area contributed by atoms with E-state index in [2.05, 4.69) is 5.43 Å². The lowest BCUT2D eigenvalue weighted by Gasteiger charge is -2.40. The number of hydrogen-bond acceptors (Lipinski definition) is 6. The quantitative estimate of drug-likeness (QED) is 0.895. The standard InChI is InChI=1S/C17H16N2O5/c1-22-12-8-7-10-13(14(12)23-2)17-19(16(10)24-17)18-15(21)9-5-3-4-6-11(9)20/h3-8,16-17,20H,1-2H3,(H,18,21). The maximum Gasteiger partial charge on any atom is 0.269 e. The summed E-state index contributed by atoms with van der Waals surface area (Å²) >= 11 is 0. The molecule has 2 atom stereocenters. The average molecular weight is 328 g/mol. The molecule has 2 aliphatic rings. The summed E-state index contributed by atoms with van der Waals surface area (Å²) in [7, 11) is 3.14. The van der Waals surface area contributed by atoms with E-state index in [4.69, 9.17) is 14.2 Å². The fraction of sp³-hybridized carbons (Fsp3) is 0.235. The first kappa shape index (κ1) is 14.8. The van der Waals surface area contributed by atoms with Crippen molar-refractivity contribution in [2.75, 3.05) is 14.2 Å². The van der Waals surface area contributed by atoms with Crippen LogP contribution < -0.4 is 14.9 Å². The van der Waals surface area contributed by atoms with E-state index in [9.17, 15) is 9.90 Å². The number of phenolic OH excluding ortho intramolecular Hbond substituents is 1. The van der Waals surface area contributed by atoms with Crippen molar-refractivity contribution in [2.45, 2.75) is 12.5 Å². The van der Waals surface area contributed by atoms with Gasteiger partial charge in [0.25, 0.3) is 5.91 Å². The number of amides is 1. The number of ether oxygens (including phenoxy) is 3. The Morgan fingerprint density at radius 1 is 1.17 bits per heavy atom. The Kier molecular flexibility index (Phi) is 3.33. The molecule has 2 aliphatic heterocycles. The zero-order chi connectivity index (χ0) is 16.8. The van der Waals surface area contributed by atoms with Crippen molar-refractivity contribution in [3.63, 3.8) is 0 Å². The normalized spacial score (nSPS) is 20.9. The molecule has 24 heavy (non-hydrogen) atoms. The molecule has 7 heteroatoms. The van der Waals surface area contributed by atoms with E-state index in [1.807, 2.05) is 12.1 Å². The number of methoxy groups -OCH3 is 2. The van der Waals surface area contributed by atoms with Crippen molar-refractivity contribution in [3.8, 4) is 17.2 Å². The molecule has 0 radical (unpaired) electrons. The zero-order valence-corrected chi connectivity index (χ0v) is 13.1. The van der Waals surface area contributed by atoms with E-state index < -0.39 is 12.1 Å². The van der Waals surface area contributed by atoms with Gasteiger partial charge in [-0.15, -0.1) is 0 Å².